The van der Waals surface area contributed by atoms with Crippen LogP contribution in [0.25, 0.3) is 6.08 Å². The third-order valence-electron chi connectivity index (χ3n) is 4.81. The summed E-state index contributed by atoms with van der Waals surface area (Å²) < 4.78 is 13.2. The summed E-state index contributed by atoms with van der Waals surface area (Å²) in [5.41, 5.74) is 2.74. The van der Waals surface area contributed by atoms with E-state index in [4.69, 9.17) is 9.47 Å². The van der Waals surface area contributed by atoms with E-state index < -0.39 is 11.7 Å². The molecule has 1 aliphatic rings. The van der Waals surface area contributed by atoms with E-state index in [9.17, 15) is 15.0 Å². The number of aromatic nitrogens is 1. The highest BCUT2D eigenvalue weighted by Gasteiger charge is 2.21. The van der Waals surface area contributed by atoms with E-state index >= 15 is 0 Å². The molecule has 0 amide bonds. The molecule has 0 fully saturated rings. The molecule has 0 saturated carbocycles. The molecule has 1 atom stereocenters. The average molecular weight is 391 g/mol. The van der Waals surface area contributed by atoms with E-state index in [1.807, 2.05) is 48.5 Å². The molecule has 0 saturated heterocycles. The highest BCUT2D eigenvalue weighted by molar-refractivity contribution is 5.64. The van der Waals surface area contributed by atoms with Crippen LogP contribution in [0.5, 0.6) is 17.2 Å². The molecule has 1 aliphatic heterocycles. The van der Waals surface area contributed by atoms with Crippen molar-refractivity contribution in [1.82, 2.24) is 4.57 Å². The maximum absolute atomic E-state index is 11.5. The van der Waals surface area contributed by atoms with Gasteiger partial charge in [0.25, 0.3) is 0 Å². The molecule has 1 aromatic heterocycles. The number of fused-ring (bicyclic) bond motifs is 1. The fourth-order valence-electron chi connectivity index (χ4n) is 3.18. The zero-order valence-electron chi connectivity index (χ0n) is 15.9. The number of pyridine rings is 1. The van der Waals surface area contributed by atoms with Gasteiger partial charge in [-0.25, -0.2) is 0 Å². The first-order chi connectivity index (χ1) is 14.0. The summed E-state index contributed by atoms with van der Waals surface area (Å²) in [5, 5.41) is 20.1. The van der Waals surface area contributed by atoms with Crippen molar-refractivity contribution >= 4 is 6.08 Å². The lowest BCUT2D eigenvalue weighted by Crippen LogP contribution is -2.25. The van der Waals surface area contributed by atoms with Crippen molar-refractivity contribution in [2.45, 2.75) is 26.4 Å². The second kappa shape index (κ2) is 7.85. The molecule has 0 spiro atoms. The average Bonchev–Trinajstić information content (AvgIpc) is 2.71. The number of aromatic hydroxyl groups is 1. The van der Waals surface area contributed by atoms with Gasteiger partial charge in [0.1, 0.15) is 18.1 Å². The van der Waals surface area contributed by atoms with Crippen LogP contribution in [0, 0.1) is 6.92 Å². The number of nitrogens with zero attached hydrogens (tertiary/aromatic N) is 1. The Kier molecular flexibility index (Phi) is 5.10. The summed E-state index contributed by atoms with van der Waals surface area (Å²) in [7, 11) is 0. The molecule has 6 heteroatoms. The maximum atomic E-state index is 11.5. The molecule has 2 N–H and O–H groups in total. The van der Waals surface area contributed by atoms with Gasteiger partial charge in [-0.3, -0.25) is 4.79 Å². The van der Waals surface area contributed by atoms with Crippen molar-refractivity contribution in [2.24, 2.45) is 0 Å². The van der Waals surface area contributed by atoms with Crippen LogP contribution in [0.3, 0.4) is 0 Å². The lowest BCUT2D eigenvalue weighted by atomic mass is 10.1. The van der Waals surface area contributed by atoms with Crippen LogP contribution >= 0.6 is 0 Å². The van der Waals surface area contributed by atoms with E-state index in [1.165, 1.54) is 12.3 Å². The Labute approximate surface area is 167 Å². The second-order valence-electron chi connectivity index (χ2n) is 6.96. The van der Waals surface area contributed by atoms with Crippen LogP contribution in [0.15, 0.2) is 71.2 Å². The second-order valence-corrected chi connectivity index (χ2v) is 6.96. The van der Waals surface area contributed by atoms with Gasteiger partial charge in [0.2, 0.25) is 11.7 Å². The van der Waals surface area contributed by atoms with Gasteiger partial charge < -0.3 is 24.3 Å². The van der Waals surface area contributed by atoms with Crippen molar-refractivity contribution in [3.05, 3.63) is 93.4 Å². The SMILES string of the molecule is Cc1cc(=O)c(O)cn1CC1=Cc2ccc(OCc3ccccc3)cc2OC1O. The summed E-state index contributed by atoms with van der Waals surface area (Å²) >= 11 is 0. The topological polar surface area (TPSA) is 80.9 Å². The minimum atomic E-state index is -1.13. The zero-order chi connectivity index (χ0) is 20.4. The summed E-state index contributed by atoms with van der Waals surface area (Å²) in [6.45, 7) is 2.49. The standard InChI is InChI=1S/C23H21NO5/c1-15-9-20(25)21(26)13-24(15)12-18-10-17-7-8-19(11-22(17)29-23(18)27)28-14-16-5-3-2-4-6-16/h2-11,13,23,26-27H,12,14H2,1H3. The van der Waals surface area contributed by atoms with E-state index in [1.54, 1.807) is 17.6 Å². The van der Waals surface area contributed by atoms with Gasteiger partial charge in [0, 0.05) is 35.5 Å². The van der Waals surface area contributed by atoms with E-state index in [2.05, 4.69) is 0 Å². The van der Waals surface area contributed by atoms with Crippen molar-refractivity contribution in [2.75, 3.05) is 0 Å². The van der Waals surface area contributed by atoms with Gasteiger partial charge in [-0.1, -0.05) is 30.3 Å². The lowest BCUT2D eigenvalue weighted by Gasteiger charge is -2.25. The number of aliphatic hydroxyl groups is 1. The molecule has 6 nitrogen and oxygen atoms in total. The van der Waals surface area contributed by atoms with Gasteiger partial charge in [-0.05, 0) is 30.7 Å². The van der Waals surface area contributed by atoms with E-state index in [-0.39, 0.29) is 12.3 Å². The number of aryl methyl sites for hydroxylation is 1. The predicted octanol–water partition coefficient (Wildman–Crippen LogP) is 3.24. The molecule has 148 valence electrons. The van der Waals surface area contributed by atoms with Crippen LogP contribution in [0.2, 0.25) is 0 Å². The third-order valence-corrected chi connectivity index (χ3v) is 4.81. The van der Waals surface area contributed by atoms with Gasteiger partial charge in [-0.15, -0.1) is 0 Å². The highest BCUT2D eigenvalue weighted by Crippen LogP contribution is 2.33. The number of aliphatic hydroxyl groups excluding tert-OH is 1. The lowest BCUT2D eigenvalue weighted by molar-refractivity contribution is 0.00917. The number of benzene rings is 2. The Morgan fingerprint density at radius 2 is 1.93 bits per heavy atom. The Balaban J connectivity index is 1.53. The first kappa shape index (κ1) is 18.8. The van der Waals surface area contributed by atoms with Crippen molar-refractivity contribution in [3.63, 3.8) is 0 Å². The molecule has 29 heavy (non-hydrogen) atoms. The fourth-order valence-corrected chi connectivity index (χ4v) is 3.18. The normalized spacial score (nSPS) is 15.2. The van der Waals surface area contributed by atoms with Crippen molar-refractivity contribution in [3.8, 4) is 17.2 Å². The van der Waals surface area contributed by atoms with Crippen LogP contribution in [0.1, 0.15) is 16.8 Å². The van der Waals surface area contributed by atoms with E-state index in [0.29, 0.717) is 29.4 Å². The summed E-state index contributed by atoms with van der Waals surface area (Å²) in [6, 6.07) is 16.7. The van der Waals surface area contributed by atoms with Crippen LogP contribution < -0.4 is 14.9 Å². The molecular formula is C23H21NO5. The van der Waals surface area contributed by atoms with Crippen molar-refractivity contribution < 1.29 is 19.7 Å². The quantitative estimate of drug-likeness (QED) is 0.698. The molecule has 2 heterocycles. The molecule has 0 radical (unpaired) electrons. The first-order valence-corrected chi connectivity index (χ1v) is 9.25. The molecule has 1 unspecified atom stereocenters. The smallest absolute Gasteiger partial charge is 0.223 e. The monoisotopic (exact) mass is 391 g/mol. The first-order valence-electron chi connectivity index (χ1n) is 9.25. The Morgan fingerprint density at radius 3 is 2.72 bits per heavy atom. The Bertz CT molecular complexity index is 1120. The number of rotatable bonds is 5. The minimum Gasteiger partial charge on any atom is -0.503 e. The minimum absolute atomic E-state index is 0.284. The van der Waals surface area contributed by atoms with Crippen LogP contribution in [-0.2, 0) is 13.2 Å². The largest absolute Gasteiger partial charge is 0.503 e. The Morgan fingerprint density at radius 1 is 1.14 bits per heavy atom. The zero-order valence-corrected chi connectivity index (χ0v) is 15.9. The molecular weight excluding hydrogens is 370 g/mol. The summed E-state index contributed by atoms with van der Waals surface area (Å²) in [6.07, 6.45) is 2.08. The predicted molar refractivity (Wildman–Crippen MR) is 109 cm³/mol. The fraction of sp³-hybridized carbons (Fsp3) is 0.174. The highest BCUT2D eigenvalue weighted by atomic mass is 16.6. The molecule has 0 aliphatic carbocycles. The third kappa shape index (κ3) is 4.17. The van der Waals surface area contributed by atoms with Gasteiger partial charge >= 0.3 is 0 Å². The molecule has 4 rings (SSSR count). The number of hydrogen-bond acceptors (Lipinski definition) is 5. The summed E-state index contributed by atoms with van der Waals surface area (Å²) in [5.74, 6) is 0.854. The number of hydrogen-bond donors (Lipinski definition) is 2. The van der Waals surface area contributed by atoms with Gasteiger partial charge in [0.05, 0.1) is 6.20 Å². The molecule has 2 aromatic carbocycles. The van der Waals surface area contributed by atoms with Crippen LogP contribution in [0.4, 0.5) is 0 Å². The molecule has 0 bridgehead atoms. The molecule has 3 aromatic rings. The van der Waals surface area contributed by atoms with E-state index in [0.717, 1.165) is 11.1 Å². The van der Waals surface area contributed by atoms with Crippen LogP contribution in [-0.4, -0.2) is 21.1 Å². The van der Waals surface area contributed by atoms with Crippen molar-refractivity contribution in [1.29, 1.82) is 0 Å². The van der Waals surface area contributed by atoms with Gasteiger partial charge in [-0.2, -0.15) is 0 Å². The van der Waals surface area contributed by atoms with Gasteiger partial charge in [0.15, 0.2) is 5.75 Å². The summed E-state index contributed by atoms with van der Waals surface area (Å²) in [4.78, 5) is 11.5. The number of ether oxygens (including phenoxy) is 2. The maximum Gasteiger partial charge on any atom is 0.223 e. The Hall–Kier alpha value is -3.51.